The summed E-state index contributed by atoms with van der Waals surface area (Å²) >= 11 is 0. The number of carbonyl (C=O) groups excluding carboxylic acids is 1. The lowest BCUT2D eigenvalue weighted by Gasteiger charge is -2.28. The Morgan fingerprint density at radius 3 is 2.94 bits per heavy atom. The number of hydrogen-bond donors (Lipinski definition) is 2. The van der Waals surface area contributed by atoms with E-state index in [0.717, 1.165) is 18.4 Å². The van der Waals surface area contributed by atoms with Crippen LogP contribution in [-0.4, -0.2) is 35.5 Å². The molecule has 0 spiro atoms. The predicted molar refractivity (Wildman–Crippen MR) is 66.1 cm³/mol. The fraction of sp³-hybridized carbons (Fsp3) is 0.462. The Balaban J connectivity index is 1.72. The second kappa shape index (κ2) is 6.37. The number of alkyl carbamates (subject to hydrolysis) is 1. The minimum atomic E-state index is -0.431. The van der Waals surface area contributed by atoms with Crippen LogP contribution in [0.15, 0.2) is 30.3 Å². The van der Waals surface area contributed by atoms with Crippen LogP contribution in [0.25, 0.3) is 0 Å². The number of hydroxylamine groups is 2. The molecule has 0 radical (unpaired) electrons. The fourth-order valence-electron chi connectivity index (χ4n) is 2.01. The number of benzene rings is 1. The molecule has 1 aliphatic heterocycles. The SMILES string of the molecule is O=C(N[C@@H]1CCCN(O)C1)OCc1ccccc1. The van der Waals surface area contributed by atoms with Gasteiger partial charge < -0.3 is 15.3 Å². The quantitative estimate of drug-likeness (QED) is 0.858. The molecule has 1 heterocycles. The van der Waals surface area contributed by atoms with Crippen LogP contribution >= 0.6 is 0 Å². The summed E-state index contributed by atoms with van der Waals surface area (Å²) in [7, 11) is 0. The minimum Gasteiger partial charge on any atom is -0.445 e. The lowest BCUT2D eigenvalue weighted by atomic mass is 10.1. The molecule has 0 aromatic heterocycles. The molecule has 1 atom stereocenters. The van der Waals surface area contributed by atoms with Crippen LogP contribution in [0, 0.1) is 0 Å². The Bertz CT molecular complexity index is 383. The van der Waals surface area contributed by atoms with E-state index in [1.165, 1.54) is 5.06 Å². The van der Waals surface area contributed by atoms with E-state index in [4.69, 9.17) is 4.74 Å². The third-order valence-electron chi connectivity index (χ3n) is 2.93. The first-order valence-electron chi connectivity index (χ1n) is 6.15. The lowest BCUT2D eigenvalue weighted by molar-refractivity contribution is -0.110. The third kappa shape index (κ3) is 4.01. The van der Waals surface area contributed by atoms with E-state index >= 15 is 0 Å². The maximum absolute atomic E-state index is 11.6. The zero-order chi connectivity index (χ0) is 12.8. The maximum atomic E-state index is 11.6. The topological polar surface area (TPSA) is 61.8 Å². The normalized spacial score (nSPS) is 20.4. The minimum absolute atomic E-state index is 0.0352. The summed E-state index contributed by atoms with van der Waals surface area (Å²) in [5.41, 5.74) is 0.958. The van der Waals surface area contributed by atoms with Crippen LogP contribution in [0.2, 0.25) is 0 Å². The first kappa shape index (κ1) is 12.9. The highest BCUT2D eigenvalue weighted by Gasteiger charge is 2.20. The molecule has 2 rings (SSSR count). The lowest BCUT2D eigenvalue weighted by Crippen LogP contribution is -2.46. The molecule has 98 valence electrons. The summed E-state index contributed by atoms with van der Waals surface area (Å²) in [5.74, 6) is 0. The molecule has 1 aromatic carbocycles. The molecule has 1 fully saturated rings. The average Bonchev–Trinajstić information content (AvgIpc) is 2.38. The smallest absolute Gasteiger partial charge is 0.407 e. The van der Waals surface area contributed by atoms with Crippen molar-refractivity contribution in [1.29, 1.82) is 0 Å². The van der Waals surface area contributed by atoms with Gasteiger partial charge in [0.25, 0.3) is 0 Å². The molecule has 1 saturated heterocycles. The molecule has 0 bridgehead atoms. The van der Waals surface area contributed by atoms with Gasteiger partial charge in [0.15, 0.2) is 0 Å². The number of hydrogen-bond acceptors (Lipinski definition) is 4. The Morgan fingerprint density at radius 2 is 2.22 bits per heavy atom. The second-order valence-electron chi connectivity index (χ2n) is 4.46. The van der Waals surface area contributed by atoms with Crippen LogP contribution in [0.4, 0.5) is 4.79 Å². The van der Waals surface area contributed by atoms with Crippen molar-refractivity contribution < 1.29 is 14.7 Å². The highest BCUT2D eigenvalue weighted by atomic mass is 16.5. The summed E-state index contributed by atoms with van der Waals surface area (Å²) in [5, 5.41) is 13.3. The van der Waals surface area contributed by atoms with E-state index in [1.54, 1.807) is 0 Å². The zero-order valence-corrected chi connectivity index (χ0v) is 10.2. The number of nitrogens with zero attached hydrogens (tertiary/aromatic N) is 1. The second-order valence-corrected chi connectivity index (χ2v) is 4.46. The molecule has 18 heavy (non-hydrogen) atoms. The van der Waals surface area contributed by atoms with E-state index in [9.17, 15) is 10.0 Å². The molecular formula is C13H18N2O3. The van der Waals surface area contributed by atoms with Gasteiger partial charge in [0.1, 0.15) is 6.61 Å². The average molecular weight is 250 g/mol. The third-order valence-corrected chi connectivity index (χ3v) is 2.93. The van der Waals surface area contributed by atoms with Crippen molar-refractivity contribution in [2.45, 2.75) is 25.5 Å². The summed E-state index contributed by atoms with van der Waals surface area (Å²) in [4.78, 5) is 11.6. The highest BCUT2D eigenvalue weighted by molar-refractivity contribution is 5.67. The summed E-state index contributed by atoms with van der Waals surface area (Å²) in [6.07, 6.45) is 1.32. The number of nitrogens with one attached hydrogen (secondary N) is 1. The Labute approximate surface area is 106 Å². The molecule has 0 aliphatic carbocycles. The van der Waals surface area contributed by atoms with E-state index < -0.39 is 6.09 Å². The molecular weight excluding hydrogens is 232 g/mol. The van der Waals surface area contributed by atoms with Gasteiger partial charge in [-0.2, -0.15) is 5.06 Å². The number of piperidine rings is 1. The van der Waals surface area contributed by atoms with Crippen molar-refractivity contribution in [2.75, 3.05) is 13.1 Å². The number of ether oxygens (including phenoxy) is 1. The molecule has 2 N–H and O–H groups in total. The maximum Gasteiger partial charge on any atom is 0.407 e. The monoisotopic (exact) mass is 250 g/mol. The number of rotatable bonds is 3. The Kier molecular flexibility index (Phi) is 4.55. The molecule has 1 aromatic rings. The standard InChI is InChI=1S/C13H18N2O3/c16-13(14-12-7-4-8-15(17)9-12)18-10-11-5-2-1-3-6-11/h1-3,5-6,12,17H,4,7-10H2,(H,14,16)/t12-/m1/s1. The van der Waals surface area contributed by atoms with Gasteiger partial charge in [0.05, 0.1) is 0 Å². The summed E-state index contributed by atoms with van der Waals surface area (Å²) < 4.78 is 5.12. The zero-order valence-electron chi connectivity index (χ0n) is 10.2. The number of amides is 1. The van der Waals surface area contributed by atoms with Crippen molar-refractivity contribution in [3.8, 4) is 0 Å². The van der Waals surface area contributed by atoms with Crippen LogP contribution in [-0.2, 0) is 11.3 Å². The van der Waals surface area contributed by atoms with Gasteiger partial charge >= 0.3 is 6.09 Å². The van der Waals surface area contributed by atoms with Crippen molar-refractivity contribution in [1.82, 2.24) is 10.4 Å². The first-order chi connectivity index (χ1) is 8.74. The molecule has 5 nitrogen and oxygen atoms in total. The highest BCUT2D eigenvalue weighted by Crippen LogP contribution is 2.08. The predicted octanol–water partition coefficient (Wildman–Crippen LogP) is 1.77. The van der Waals surface area contributed by atoms with Gasteiger partial charge in [-0.25, -0.2) is 4.79 Å². The summed E-state index contributed by atoms with van der Waals surface area (Å²) in [6.45, 7) is 1.39. The molecule has 0 unspecified atom stereocenters. The Morgan fingerprint density at radius 1 is 1.44 bits per heavy atom. The molecule has 0 saturated carbocycles. The van der Waals surface area contributed by atoms with E-state index in [2.05, 4.69) is 5.32 Å². The molecule has 5 heteroatoms. The van der Waals surface area contributed by atoms with Gasteiger partial charge in [-0.1, -0.05) is 30.3 Å². The largest absolute Gasteiger partial charge is 0.445 e. The van der Waals surface area contributed by atoms with Crippen molar-refractivity contribution in [3.63, 3.8) is 0 Å². The van der Waals surface area contributed by atoms with Crippen LogP contribution in [0.5, 0.6) is 0 Å². The van der Waals surface area contributed by atoms with Gasteiger partial charge in [-0.15, -0.1) is 0 Å². The Hall–Kier alpha value is -1.59. The van der Waals surface area contributed by atoms with Crippen molar-refractivity contribution in [2.24, 2.45) is 0 Å². The van der Waals surface area contributed by atoms with Gasteiger partial charge in [-0.05, 0) is 18.4 Å². The molecule has 1 aliphatic rings. The van der Waals surface area contributed by atoms with Crippen molar-refractivity contribution >= 4 is 6.09 Å². The van der Waals surface area contributed by atoms with Crippen LogP contribution in [0.1, 0.15) is 18.4 Å². The van der Waals surface area contributed by atoms with Crippen LogP contribution < -0.4 is 5.32 Å². The first-order valence-corrected chi connectivity index (χ1v) is 6.15. The van der Waals surface area contributed by atoms with E-state index in [0.29, 0.717) is 13.1 Å². The fourth-order valence-corrected chi connectivity index (χ4v) is 2.01. The number of carbonyl (C=O) groups is 1. The van der Waals surface area contributed by atoms with Gasteiger partial charge in [-0.3, -0.25) is 0 Å². The van der Waals surface area contributed by atoms with Gasteiger partial charge in [0, 0.05) is 19.1 Å². The molecule has 1 amide bonds. The summed E-state index contributed by atoms with van der Waals surface area (Å²) in [6, 6.07) is 9.50. The van der Waals surface area contributed by atoms with E-state index in [-0.39, 0.29) is 12.6 Å². The van der Waals surface area contributed by atoms with Crippen molar-refractivity contribution in [3.05, 3.63) is 35.9 Å². The van der Waals surface area contributed by atoms with Crippen LogP contribution in [0.3, 0.4) is 0 Å². The van der Waals surface area contributed by atoms with E-state index in [1.807, 2.05) is 30.3 Å². The van der Waals surface area contributed by atoms with Gasteiger partial charge in [0.2, 0.25) is 0 Å².